The summed E-state index contributed by atoms with van der Waals surface area (Å²) in [5.74, 6) is 1.73. The van der Waals surface area contributed by atoms with Crippen molar-refractivity contribution in [2.24, 2.45) is 0 Å². The Morgan fingerprint density at radius 3 is 2.33 bits per heavy atom. The average Bonchev–Trinajstić information content (AvgIpc) is 3.06. The summed E-state index contributed by atoms with van der Waals surface area (Å²) in [5.41, 5.74) is 1.25. The molecule has 0 aromatic heterocycles. The van der Waals surface area contributed by atoms with E-state index in [9.17, 15) is 9.59 Å². The fourth-order valence-electron chi connectivity index (χ4n) is 3.11. The topological polar surface area (TPSA) is 86.3 Å². The minimum absolute atomic E-state index is 0.0471. The zero-order chi connectivity index (χ0) is 24.0. The zero-order valence-electron chi connectivity index (χ0n) is 18.8. The molecule has 1 fully saturated rings. The number of hydrogen-bond donors (Lipinski definition) is 1. The van der Waals surface area contributed by atoms with Crippen molar-refractivity contribution >= 4 is 46.3 Å². The number of carbonyl (C=O) groups excluding carboxylic acids is 2. The molecule has 0 atom stereocenters. The quantitative estimate of drug-likeness (QED) is 0.449. The molecule has 10 heteroatoms. The van der Waals surface area contributed by atoms with E-state index in [0.29, 0.717) is 51.8 Å². The number of carbonyl (C=O) groups is 2. The molecular weight excluding hydrogens is 468 g/mol. The molecule has 0 bridgehead atoms. The Morgan fingerprint density at radius 1 is 0.970 bits per heavy atom. The van der Waals surface area contributed by atoms with Gasteiger partial charge in [-0.15, -0.1) is 0 Å². The summed E-state index contributed by atoms with van der Waals surface area (Å²) in [5, 5.41) is 3.02. The molecule has 0 radical (unpaired) electrons. The van der Waals surface area contributed by atoms with E-state index in [1.54, 1.807) is 30.3 Å². The number of halogens is 1. The van der Waals surface area contributed by atoms with Crippen molar-refractivity contribution in [3.63, 3.8) is 0 Å². The second kappa shape index (κ2) is 11.2. The maximum Gasteiger partial charge on any atom is 0.295 e. The summed E-state index contributed by atoms with van der Waals surface area (Å²) in [4.78, 5) is 26.8. The first kappa shape index (κ1) is 24.6. The molecule has 1 aliphatic rings. The van der Waals surface area contributed by atoms with Crippen molar-refractivity contribution < 1.29 is 28.5 Å². The van der Waals surface area contributed by atoms with Gasteiger partial charge in [-0.3, -0.25) is 14.5 Å². The van der Waals surface area contributed by atoms with Crippen molar-refractivity contribution in [3.05, 3.63) is 45.8 Å². The lowest BCUT2D eigenvalue weighted by molar-refractivity contribution is -0.122. The van der Waals surface area contributed by atoms with E-state index in [4.69, 9.17) is 30.5 Å². The Labute approximate surface area is 201 Å². The zero-order valence-corrected chi connectivity index (χ0v) is 20.3. The highest BCUT2D eigenvalue weighted by atomic mass is 35.5. The Kier molecular flexibility index (Phi) is 8.35. The number of benzene rings is 2. The van der Waals surface area contributed by atoms with Crippen LogP contribution in [0.5, 0.6) is 23.0 Å². The molecule has 1 saturated heterocycles. The Hall–Kier alpha value is -3.04. The third-order valence-corrected chi connectivity index (χ3v) is 5.84. The van der Waals surface area contributed by atoms with E-state index in [2.05, 4.69) is 5.32 Å². The number of amides is 2. The van der Waals surface area contributed by atoms with Crippen molar-refractivity contribution in [3.8, 4) is 23.0 Å². The summed E-state index contributed by atoms with van der Waals surface area (Å²) in [6.07, 6.45) is 1.66. The van der Waals surface area contributed by atoms with E-state index in [0.717, 1.165) is 22.2 Å². The molecule has 1 N–H and O–H groups in total. The van der Waals surface area contributed by atoms with Gasteiger partial charge in [0.05, 0.1) is 49.7 Å². The monoisotopic (exact) mass is 492 g/mol. The third-order valence-electron chi connectivity index (χ3n) is 4.64. The van der Waals surface area contributed by atoms with Gasteiger partial charge in [0, 0.05) is 6.07 Å². The summed E-state index contributed by atoms with van der Waals surface area (Å²) >= 11 is 7.06. The van der Waals surface area contributed by atoms with Gasteiger partial charge in [0.15, 0.2) is 11.5 Å². The van der Waals surface area contributed by atoms with Crippen LogP contribution < -0.4 is 24.3 Å². The first-order valence-corrected chi connectivity index (χ1v) is 11.4. The number of ether oxygens (including phenoxy) is 4. The van der Waals surface area contributed by atoms with Crippen molar-refractivity contribution in [2.75, 3.05) is 39.4 Å². The van der Waals surface area contributed by atoms with Gasteiger partial charge in [-0.1, -0.05) is 17.7 Å². The lowest BCUT2D eigenvalue weighted by Gasteiger charge is -2.17. The summed E-state index contributed by atoms with van der Waals surface area (Å²) in [6, 6.07) is 8.62. The van der Waals surface area contributed by atoms with E-state index in [-0.39, 0.29) is 11.9 Å². The third kappa shape index (κ3) is 5.66. The van der Waals surface area contributed by atoms with Gasteiger partial charge < -0.3 is 24.3 Å². The molecule has 33 heavy (non-hydrogen) atoms. The van der Waals surface area contributed by atoms with Gasteiger partial charge in [0.1, 0.15) is 11.5 Å². The number of anilines is 1. The molecule has 1 heterocycles. The minimum atomic E-state index is -0.400. The summed E-state index contributed by atoms with van der Waals surface area (Å²) in [7, 11) is 3.01. The van der Waals surface area contributed by atoms with Gasteiger partial charge in [-0.2, -0.15) is 0 Å². The lowest BCUT2D eigenvalue weighted by atomic mass is 10.2. The molecule has 0 aliphatic carbocycles. The molecular formula is C23H25ClN2O6S. The van der Waals surface area contributed by atoms with E-state index in [1.807, 2.05) is 19.9 Å². The first-order chi connectivity index (χ1) is 15.9. The summed E-state index contributed by atoms with van der Waals surface area (Å²) in [6.45, 7) is 4.71. The number of rotatable bonds is 10. The summed E-state index contributed by atoms with van der Waals surface area (Å²) < 4.78 is 21.7. The SMILES string of the molecule is CCOc1ccc(/C=C2/SC(=O)N(CNc3cc(Cl)c(OC)cc3OC)C2=O)cc1OCC. The predicted octanol–water partition coefficient (Wildman–Crippen LogP) is 5.26. The van der Waals surface area contributed by atoms with Gasteiger partial charge in [0.2, 0.25) is 0 Å². The number of nitrogens with one attached hydrogen (secondary N) is 1. The van der Waals surface area contributed by atoms with Crippen LogP contribution in [0.3, 0.4) is 0 Å². The molecule has 3 rings (SSSR count). The molecule has 1 aliphatic heterocycles. The van der Waals surface area contributed by atoms with Gasteiger partial charge in [-0.25, -0.2) is 0 Å². The number of hydrogen-bond acceptors (Lipinski definition) is 8. The fraction of sp³-hybridized carbons (Fsp3) is 0.304. The maximum absolute atomic E-state index is 12.9. The van der Waals surface area contributed by atoms with Gasteiger partial charge >= 0.3 is 0 Å². The smallest absolute Gasteiger partial charge is 0.295 e. The molecule has 0 spiro atoms. The Balaban J connectivity index is 1.77. The van der Waals surface area contributed by atoms with Crippen molar-refractivity contribution in [2.45, 2.75) is 13.8 Å². The molecule has 176 valence electrons. The lowest BCUT2D eigenvalue weighted by Crippen LogP contribution is -2.33. The van der Waals surface area contributed by atoms with Gasteiger partial charge in [-0.05, 0) is 55.4 Å². The van der Waals surface area contributed by atoms with Crippen LogP contribution in [0.25, 0.3) is 6.08 Å². The molecule has 8 nitrogen and oxygen atoms in total. The number of nitrogens with zero attached hydrogens (tertiary/aromatic N) is 1. The maximum atomic E-state index is 12.9. The largest absolute Gasteiger partial charge is 0.495 e. The second-order valence-corrected chi connectivity index (χ2v) is 8.10. The first-order valence-electron chi connectivity index (χ1n) is 10.2. The molecule has 2 amide bonds. The van der Waals surface area contributed by atoms with E-state index < -0.39 is 5.91 Å². The molecule has 2 aromatic carbocycles. The van der Waals surface area contributed by atoms with Crippen LogP contribution in [0.4, 0.5) is 10.5 Å². The number of thioether (sulfide) groups is 1. The van der Waals surface area contributed by atoms with Crippen LogP contribution in [-0.2, 0) is 4.79 Å². The van der Waals surface area contributed by atoms with Crippen LogP contribution in [0.1, 0.15) is 19.4 Å². The van der Waals surface area contributed by atoms with Crippen LogP contribution in [0.2, 0.25) is 5.02 Å². The van der Waals surface area contributed by atoms with Crippen LogP contribution >= 0.6 is 23.4 Å². The highest BCUT2D eigenvalue weighted by Crippen LogP contribution is 2.37. The Bertz CT molecular complexity index is 1080. The normalized spacial score (nSPS) is 14.6. The Morgan fingerprint density at radius 2 is 1.67 bits per heavy atom. The van der Waals surface area contributed by atoms with E-state index in [1.165, 1.54) is 14.2 Å². The highest BCUT2D eigenvalue weighted by molar-refractivity contribution is 8.18. The average molecular weight is 493 g/mol. The van der Waals surface area contributed by atoms with Crippen LogP contribution in [0.15, 0.2) is 35.2 Å². The second-order valence-electron chi connectivity index (χ2n) is 6.70. The van der Waals surface area contributed by atoms with E-state index >= 15 is 0 Å². The van der Waals surface area contributed by atoms with Gasteiger partial charge in [0.25, 0.3) is 11.1 Å². The van der Waals surface area contributed by atoms with Crippen LogP contribution in [0, 0.1) is 0 Å². The molecule has 2 aromatic rings. The van der Waals surface area contributed by atoms with Crippen LogP contribution in [-0.4, -0.2) is 50.1 Å². The van der Waals surface area contributed by atoms with Crippen molar-refractivity contribution in [1.82, 2.24) is 4.90 Å². The number of methoxy groups -OCH3 is 2. The standard InChI is InChI=1S/C23H25ClN2O6S/c1-5-31-17-8-7-14(9-20(17)32-6-2)10-21-22(27)26(23(28)33-21)13-25-16-11-15(24)18(29-3)12-19(16)30-4/h7-12,25H,5-6,13H2,1-4H3/b21-10+. The minimum Gasteiger partial charge on any atom is -0.495 e. The molecule has 0 unspecified atom stereocenters. The predicted molar refractivity (Wildman–Crippen MR) is 130 cm³/mol. The fourth-order valence-corrected chi connectivity index (χ4v) is 4.19. The van der Waals surface area contributed by atoms with Crippen molar-refractivity contribution in [1.29, 1.82) is 0 Å². The molecule has 0 saturated carbocycles. The highest BCUT2D eigenvalue weighted by Gasteiger charge is 2.35. The number of imide groups is 1.